The van der Waals surface area contributed by atoms with Crippen LogP contribution in [0, 0.1) is 5.82 Å². The lowest BCUT2D eigenvalue weighted by atomic mass is 10.1. The highest BCUT2D eigenvalue weighted by Crippen LogP contribution is 2.33. The summed E-state index contributed by atoms with van der Waals surface area (Å²) in [7, 11) is 0. The molecule has 0 saturated carbocycles. The van der Waals surface area contributed by atoms with Gasteiger partial charge in [0.15, 0.2) is 5.76 Å². The fraction of sp³-hybridized carbons (Fsp3) is 0.250. The first kappa shape index (κ1) is 19.7. The van der Waals surface area contributed by atoms with Gasteiger partial charge in [-0.1, -0.05) is 30.3 Å². The van der Waals surface area contributed by atoms with Gasteiger partial charge in [-0.3, -0.25) is 4.79 Å². The second-order valence-corrected chi connectivity index (χ2v) is 7.31. The SMILES string of the molecule is Cl.O=C(NC1CCNC1)c1oc2ccccc2c1CSc1ccccc1F. The van der Waals surface area contributed by atoms with E-state index >= 15 is 0 Å². The molecule has 1 fully saturated rings. The molecule has 0 spiro atoms. The number of fused-ring (bicyclic) bond motifs is 1. The molecular weight excluding hydrogens is 387 g/mol. The third kappa shape index (κ3) is 4.29. The Bertz CT molecular complexity index is 941. The summed E-state index contributed by atoms with van der Waals surface area (Å²) >= 11 is 1.37. The minimum Gasteiger partial charge on any atom is -0.451 e. The van der Waals surface area contributed by atoms with Crippen molar-refractivity contribution in [1.29, 1.82) is 0 Å². The molecule has 1 unspecified atom stereocenters. The molecule has 142 valence electrons. The highest BCUT2D eigenvalue weighted by Gasteiger charge is 2.24. The van der Waals surface area contributed by atoms with Crippen LogP contribution in [-0.4, -0.2) is 25.0 Å². The Labute approximate surface area is 167 Å². The maximum Gasteiger partial charge on any atom is 0.287 e. The smallest absolute Gasteiger partial charge is 0.287 e. The second kappa shape index (κ2) is 8.78. The number of halogens is 2. The van der Waals surface area contributed by atoms with Gasteiger partial charge >= 0.3 is 0 Å². The Morgan fingerprint density at radius 2 is 2.00 bits per heavy atom. The van der Waals surface area contributed by atoms with Crippen LogP contribution in [0.2, 0.25) is 0 Å². The highest BCUT2D eigenvalue weighted by atomic mass is 35.5. The molecule has 4 rings (SSSR count). The number of hydrogen-bond acceptors (Lipinski definition) is 4. The quantitative estimate of drug-likeness (QED) is 0.617. The molecular formula is C20H20ClFN2O2S. The summed E-state index contributed by atoms with van der Waals surface area (Å²) in [5.41, 5.74) is 1.48. The van der Waals surface area contributed by atoms with Crippen LogP contribution in [0.5, 0.6) is 0 Å². The first-order chi connectivity index (χ1) is 12.7. The Morgan fingerprint density at radius 1 is 1.22 bits per heavy atom. The van der Waals surface area contributed by atoms with Gasteiger partial charge in [-0.15, -0.1) is 24.2 Å². The number of rotatable bonds is 5. The number of carbonyl (C=O) groups is 1. The van der Waals surface area contributed by atoms with E-state index in [9.17, 15) is 9.18 Å². The van der Waals surface area contributed by atoms with Gasteiger partial charge in [-0.2, -0.15) is 0 Å². The third-order valence-corrected chi connectivity index (χ3v) is 5.58. The summed E-state index contributed by atoms with van der Waals surface area (Å²) in [6.07, 6.45) is 0.908. The number of amides is 1. The van der Waals surface area contributed by atoms with E-state index in [0.717, 1.165) is 30.5 Å². The molecule has 27 heavy (non-hydrogen) atoms. The van der Waals surface area contributed by atoms with Gasteiger partial charge in [-0.05, 0) is 31.2 Å². The molecule has 1 amide bonds. The molecule has 0 radical (unpaired) electrons. The van der Waals surface area contributed by atoms with Gasteiger partial charge in [0.2, 0.25) is 0 Å². The molecule has 2 heterocycles. The zero-order valence-corrected chi connectivity index (χ0v) is 16.2. The van der Waals surface area contributed by atoms with Gasteiger partial charge in [-0.25, -0.2) is 4.39 Å². The summed E-state index contributed by atoms with van der Waals surface area (Å²) in [5, 5.41) is 7.15. The highest BCUT2D eigenvalue weighted by molar-refractivity contribution is 7.98. The average Bonchev–Trinajstić information content (AvgIpc) is 3.28. The molecule has 1 saturated heterocycles. The van der Waals surface area contributed by atoms with Crippen LogP contribution >= 0.6 is 24.2 Å². The molecule has 1 atom stereocenters. The number of nitrogens with one attached hydrogen (secondary N) is 2. The van der Waals surface area contributed by atoms with Gasteiger partial charge < -0.3 is 15.1 Å². The minimum atomic E-state index is -0.256. The number of carbonyl (C=O) groups excluding carboxylic acids is 1. The Kier molecular flexibility index (Phi) is 6.42. The summed E-state index contributed by atoms with van der Waals surface area (Å²) in [4.78, 5) is 13.3. The molecule has 2 N–H and O–H groups in total. The Hall–Kier alpha value is -2.02. The molecule has 4 nitrogen and oxygen atoms in total. The lowest BCUT2D eigenvalue weighted by Gasteiger charge is -2.11. The van der Waals surface area contributed by atoms with Crippen molar-refractivity contribution in [2.45, 2.75) is 23.1 Å². The minimum absolute atomic E-state index is 0. The molecule has 0 aliphatic carbocycles. The van der Waals surface area contributed by atoms with E-state index < -0.39 is 0 Å². The fourth-order valence-corrected chi connectivity index (χ4v) is 4.13. The third-order valence-electron chi connectivity index (χ3n) is 4.51. The lowest BCUT2D eigenvalue weighted by Crippen LogP contribution is -2.36. The van der Waals surface area contributed by atoms with Crippen LogP contribution < -0.4 is 10.6 Å². The fourth-order valence-electron chi connectivity index (χ4n) is 3.17. The van der Waals surface area contributed by atoms with Gasteiger partial charge in [0, 0.05) is 34.2 Å². The monoisotopic (exact) mass is 406 g/mol. The van der Waals surface area contributed by atoms with Gasteiger partial charge in [0.1, 0.15) is 11.4 Å². The van der Waals surface area contributed by atoms with Crippen LogP contribution in [0.3, 0.4) is 0 Å². The molecule has 2 aromatic carbocycles. The Balaban J connectivity index is 0.00000210. The van der Waals surface area contributed by atoms with E-state index in [1.807, 2.05) is 24.3 Å². The van der Waals surface area contributed by atoms with Gasteiger partial charge in [0.25, 0.3) is 5.91 Å². The van der Waals surface area contributed by atoms with Crippen molar-refractivity contribution in [1.82, 2.24) is 10.6 Å². The zero-order chi connectivity index (χ0) is 17.9. The molecule has 7 heteroatoms. The normalized spacial score (nSPS) is 16.3. The van der Waals surface area contributed by atoms with Crippen LogP contribution in [0.4, 0.5) is 4.39 Å². The number of para-hydroxylation sites is 1. The summed E-state index contributed by atoms with van der Waals surface area (Å²) in [6, 6.07) is 14.3. The van der Waals surface area contributed by atoms with E-state index in [0.29, 0.717) is 22.0 Å². The second-order valence-electron chi connectivity index (χ2n) is 6.29. The zero-order valence-electron chi connectivity index (χ0n) is 14.5. The largest absolute Gasteiger partial charge is 0.451 e. The average molecular weight is 407 g/mol. The van der Waals surface area contributed by atoms with Crippen LogP contribution in [0.1, 0.15) is 22.5 Å². The van der Waals surface area contributed by atoms with Crippen LogP contribution in [-0.2, 0) is 5.75 Å². The summed E-state index contributed by atoms with van der Waals surface area (Å²) in [6.45, 7) is 1.67. The van der Waals surface area contributed by atoms with Crippen LogP contribution in [0.15, 0.2) is 57.8 Å². The number of hydrogen-bond donors (Lipinski definition) is 2. The summed E-state index contributed by atoms with van der Waals surface area (Å²) in [5.74, 6) is 0.318. The number of thioether (sulfide) groups is 1. The van der Waals surface area contributed by atoms with E-state index in [4.69, 9.17) is 4.42 Å². The first-order valence-electron chi connectivity index (χ1n) is 8.61. The standard InChI is InChI=1S/C20H19FN2O2S.ClH/c21-16-6-2-4-8-18(16)26-12-15-14-5-1-3-7-17(14)25-19(15)20(24)23-13-9-10-22-11-13;/h1-8,13,22H,9-12H2,(H,23,24);1H. The van der Waals surface area contributed by atoms with E-state index in [-0.39, 0.29) is 30.2 Å². The van der Waals surface area contributed by atoms with Crippen molar-refractivity contribution >= 4 is 41.0 Å². The predicted molar refractivity (Wildman–Crippen MR) is 108 cm³/mol. The molecule has 1 aliphatic rings. The molecule has 1 aliphatic heterocycles. The molecule has 3 aromatic rings. The van der Waals surface area contributed by atoms with Crippen molar-refractivity contribution in [3.63, 3.8) is 0 Å². The van der Waals surface area contributed by atoms with E-state index in [1.54, 1.807) is 18.2 Å². The number of furan rings is 1. The van der Waals surface area contributed by atoms with Crippen molar-refractivity contribution in [3.8, 4) is 0 Å². The lowest BCUT2D eigenvalue weighted by molar-refractivity contribution is 0.0913. The topological polar surface area (TPSA) is 54.3 Å². The van der Waals surface area contributed by atoms with Crippen molar-refractivity contribution in [3.05, 3.63) is 65.7 Å². The van der Waals surface area contributed by atoms with Crippen molar-refractivity contribution in [2.75, 3.05) is 13.1 Å². The van der Waals surface area contributed by atoms with Crippen molar-refractivity contribution in [2.24, 2.45) is 0 Å². The maximum absolute atomic E-state index is 13.9. The molecule has 0 bridgehead atoms. The van der Waals surface area contributed by atoms with E-state index in [1.165, 1.54) is 17.8 Å². The molecule has 1 aromatic heterocycles. The van der Waals surface area contributed by atoms with Crippen LogP contribution in [0.25, 0.3) is 11.0 Å². The van der Waals surface area contributed by atoms with Crippen molar-refractivity contribution < 1.29 is 13.6 Å². The first-order valence-corrected chi connectivity index (χ1v) is 9.60. The predicted octanol–water partition coefficient (Wildman–Crippen LogP) is 4.38. The number of benzene rings is 2. The summed E-state index contributed by atoms with van der Waals surface area (Å²) < 4.78 is 19.8. The van der Waals surface area contributed by atoms with E-state index in [2.05, 4.69) is 10.6 Å². The van der Waals surface area contributed by atoms with Gasteiger partial charge in [0.05, 0.1) is 0 Å². The maximum atomic E-state index is 13.9. The Morgan fingerprint density at radius 3 is 2.78 bits per heavy atom.